The van der Waals surface area contributed by atoms with Crippen molar-refractivity contribution < 1.29 is 9.90 Å². The Kier molecular flexibility index (Phi) is 5.95. The zero-order valence-electron chi connectivity index (χ0n) is 9.82. The highest BCUT2D eigenvalue weighted by molar-refractivity contribution is 5.76. The number of terminal acetylenes is 1. The molecule has 16 heavy (non-hydrogen) atoms. The highest BCUT2D eigenvalue weighted by Crippen LogP contribution is 2.17. The SMILES string of the molecule is C#CCCCCC(=O)N1CCC(CO)CC1. The van der Waals surface area contributed by atoms with E-state index in [1.165, 1.54) is 0 Å². The van der Waals surface area contributed by atoms with Crippen LogP contribution in [0.15, 0.2) is 0 Å². The lowest BCUT2D eigenvalue weighted by molar-refractivity contribution is -0.132. The Hall–Kier alpha value is -1.01. The quantitative estimate of drug-likeness (QED) is 0.565. The number of piperidine rings is 1. The Morgan fingerprint density at radius 1 is 1.38 bits per heavy atom. The largest absolute Gasteiger partial charge is 0.396 e. The molecule has 0 saturated carbocycles. The molecular formula is C13H21NO2. The first kappa shape index (κ1) is 13.1. The maximum absolute atomic E-state index is 11.8. The van der Waals surface area contributed by atoms with E-state index in [2.05, 4.69) is 5.92 Å². The van der Waals surface area contributed by atoms with Crippen molar-refractivity contribution in [3.05, 3.63) is 0 Å². The molecule has 0 bridgehead atoms. The summed E-state index contributed by atoms with van der Waals surface area (Å²) in [5.41, 5.74) is 0. The lowest BCUT2D eigenvalue weighted by Gasteiger charge is -2.31. The average Bonchev–Trinajstić information content (AvgIpc) is 2.34. The molecule has 90 valence electrons. The summed E-state index contributed by atoms with van der Waals surface area (Å²) in [7, 11) is 0. The lowest BCUT2D eigenvalue weighted by Crippen LogP contribution is -2.39. The second-order valence-corrected chi connectivity index (χ2v) is 4.42. The summed E-state index contributed by atoms with van der Waals surface area (Å²) in [4.78, 5) is 13.7. The minimum absolute atomic E-state index is 0.244. The smallest absolute Gasteiger partial charge is 0.222 e. The zero-order valence-corrected chi connectivity index (χ0v) is 9.82. The average molecular weight is 223 g/mol. The van der Waals surface area contributed by atoms with Crippen LogP contribution in [0, 0.1) is 18.3 Å². The number of aliphatic hydroxyl groups excluding tert-OH is 1. The first-order valence-corrected chi connectivity index (χ1v) is 6.10. The normalized spacial score (nSPS) is 17.1. The molecule has 1 fully saturated rings. The van der Waals surface area contributed by atoms with Crippen LogP contribution >= 0.6 is 0 Å². The number of likely N-dealkylation sites (tertiary alicyclic amines) is 1. The van der Waals surface area contributed by atoms with Gasteiger partial charge in [0.15, 0.2) is 0 Å². The fourth-order valence-electron chi connectivity index (χ4n) is 2.03. The van der Waals surface area contributed by atoms with Gasteiger partial charge >= 0.3 is 0 Å². The van der Waals surface area contributed by atoms with E-state index in [0.717, 1.165) is 45.2 Å². The topological polar surface area (TPSA) is 40.5 Å². The van der Waals surface area contributed by atoms with Crippen molar-refractivity contribution in [2.45, 2.75) is 38.5 Å². The van der Waals surface area contributed by atoms with Gasteiger partial charge in [-0.2, -0.15) is 0 Å². The summed E-state index contributed by atoms with van der Waals surface area (Å²) in [6.07, 6.45) is 10.2. The number of carbonyl (C=O) groups excluding carboxylic acids is 1. The zero-order chi connectivity index (χ0) is 11.8. The molecule has 3 nitrogen and oxygen atoms in total. The first-order valence-electron chi connectivity index (χ1n) is 6.10. The van der Waals surface area contributed by atoms with Crippen molar-refractivity contribution in [1.29, 1.82) is 0 Å². The Labute approximate surface area is 97.8 Å². The number of hydrogen-bond donors (Lipinski definition) is 1. The summed E-state index contributed by atoms with van der Waals surface area (Å²) < 4.78 is 0. The Balaban J connectivity index is 2.16. The van der Waals surface area contributed by atoms with Crippen molar-refractivity contribution in [2.24, 2.45) is 5.92 Å². The van der Waals surface area contributed by atoms with Gasteiger partial charge in [-0.25, -0.2) is 0 Å². The second kappa shape index (κ2) is 7.29. The molecule has 1 heterocycles. The second-order valence-electron chi connectivity index (χ2n) is 4.42. The molecule has 0 aromatic carbocycles. The van der Waals surface area contributed by atoms with Crippen LogP contribution in [-0.2, 0) is 4.79 Å². The summed E-state index contributed by atoms with van der Waals surface area (Å²) in [5.74, 6) is 3.22. The van der Waals surface area contributed by atoms with Crippen LogP contribution in [0.3, 0.4) is 0 Å². The van der Waals surface area contributed by atoms with Crippen LogP contribution in [0.2, 0.25) is 0 Å². The lowest BCUT2D eigenvalue weighted by atomic mass is 9.97. The summed E-state index contributed by atoms with van der Waals surface area (Å²) >= 11 is 0. The minimum Gasteiger partial charge on any atom is -0.396 e. The van der Waals surface area contributed by atoms with E-state index >= 15 is 0 Å². The summed E-state index contributed by atoms with van der Waals surface area (Å²) in [6.45, 7) is 1.86. The van der Waals surface area contributed by atoms with Crippen LogP contribution in [-0.4, -0.2) is 35.6 Å². The number of hydrogen-bond acceptors (Lipinski definition) is 2. The van der Waals surface area contributed by atoms with Crippen molar-refractivity contribution in [3.8, 4) is 12.3 Å². The van der Waals surface area contributed by atoms with Crippen molar-refractivity contribution >= 4 is 5.91 Å². The molecule has 0 unspecified atom stereocenters. The van der Waals surface area contributed by atoms with E-state index in [4.69, 9.17) is 11.5 Å². The third-order valence-electron chi connectivity index (χ3n) is 3.19. The monoisotopic (exact) mass is 223 g/mol. The van der Waals surface area contributed by atoms with Gasteiger partial charge in [0.2, 0.25) is 5.91 Å². The third kappa shape index (κ3) is 4.24. The van der Waals surface area contributed by atoms with Crippen LogP contribution < -0.4 is 0 Å². The van der Waals surface area contributed by atoms with E-state index < -0.39 is 0 Å². The van der Waals surface area contributed by atoms with E-state index in [-0.39, 0.29) is 12.5 Å². The van der Waals surface area contributed by atoms with Crippen LogP contribution in [0.25, 0.3) is 0 Å². The molecule has 0 radical (unpaired) electrons. The van der Waals surface area contributed by atoms with E-state index in [0.29, 0.717) is 12.3 Å². The Morgan fingerprint density at radius 2 is 2.06 bits per heavy atom. The highest BCUT2D eigenvalue weighted by atomic mass is 16.3. The van der Waals surface area contributed by atoms with E-state index in [1.54, 1.807) is 0 Å². The van der Waals surface area contributed by atoms with Gasteiger partial charge in [0.05, 0.1) is 0 Å². The van der Waals surface area contributed by atoms with E-state index in [1.807, 2.05) is 4.90 Å². The predicted octanol–water partition coefficient (Wildman–Crippen LogP) is 1.41. The molecule has 0 aromatic heterocycles. The number of aliphatic hydroxyl groups is 1. The first-order chi connectivity index (χ1) is 7.77. The number of carbonyl (C=O) groups is 1. The Bertz CT molecular complexity index is 249. The maximum Gasteiger partial charge on any atom is 0.222 e. The van der Waals surface area contributed by atoms with Gasteiger partial charge in [-0.1, -0.05) is 0 Å². The molecule has 0 spiro atoms. The van der Waals surface area contributed by atoms with Gasteiger partial charge in [-0.15, -0.1) is 12.3 Å². The predicted molar refractivity (Wildman–Crippen MR) is 63.7 cm³/mol. The molecule has 1 rings (SSSR count). The van der Waals surface area contributed by atoms with E-state index in [9.17, 15) is 4.79 Å². The molecule has 0 aliphatic carbocycles. The van der Waals surface area contributed by atoms with Gasteiger partial charge in [-0.05, 0) is 31.6 Å². The van der Waals surface area contributed by atoms with Gasteiger partial charge in [-0.3, -0.25) is 4.79 Å². The van der Waals surface area contributed by atoms with Crippen LogP contribution in [0.5, 0.6) is 0 Å². The highest BCUT2D eigenvalue weighted by Gasteiger charge is 2.21. The minimum atomic E-state index is 0.244. The summed E-state index contributed by atoms with van der Waals surface area (Å²) in [5, 5.41) is 8.99. The molecule has 1 amide bonds. The fourth-order valence-corrected chi connectivity index (χ4v) is 2.03. The molecule has 0 atom stereocenters. The summed E-state index contributed by atoms with van der Waals surface area (Å²) in [6, 6.07) is 0. The molecular weight excluding hydrogens is 202 g/mol. The molecule has 1 aliphatic rings. The van der Waals surface area contributed by atoms with Gasteiger partial charge in [0.1, 0.15) is 0 Å². The molecule has 1 N–H and O–H groups in total. The molecule has 1 saturated heterocycles. The fraction of sp³-hybridized carbons (Fsp3) is 0.769. The third-order valence-corrected chi connectivity index (χ3v) is 3.19. The molecule has 1 aliphatic heterocycles. The van der Waals surface area contributed by atoms with Gasteiger partial charge in [0.25, 0.3) is 0 Å². The molecule has 0 aromatic rings. The standard InChI is InChI=1S/C13H21NO2/c1-2-3-4-5-6-13(16)14-9-7-12(11-15)8-10-14/h1,12,15H,3-11H2. The number of amides is 1. The van der Waals surface area contributed by atoms with Gasteiger partial charge < -0.3 is 10.0 Å². The van der Waals surface area contributed by atoms with Crippen molar-refractivity contribution in [1.82, 2.24) is 4.90 Å². The number of unbranched alkanes of at least 4 members (excludes halogenated alkanes) is 2. The Morgan fingerprint density at radius 3 is 2.62 bits per heavy atom. The maximum atomic E-state index is 11.8. The van der Waals surface area contributed by atoms with Crippen molar-refractivity contribution in [2.75, 3.05) is 19.7 Å². The van der Waals surface area contributed by atoms with Crippen molar-refractivity contribution in [3.63, 3.8) is 0 Å². The van der Waals surface area contributed by atoms with Crippen LogP contribution in [0.1, 0.15) is 38.5 Å². The number of rotatable bonds is 5. The number of nitrogens with zero attached hydrogens (tertiary/aromatic N) is 1. The van der Waals surface area contributed by atoms with Crippen LogP contribution in [0.4, 0.5) is 0 Å². The molecule has 3 heteroatoms. The van der Waals surface area contributed by atoms with Gasteiger partial charge in [0, 0.05) is 32.5 Å².